The summed E-state index contributed by atoms with van der Waals surface area (Å²) in [6.07, 6.45) is 4.96. The number of piperazine rings is 1. The van der Waals surface area contributed by atoms with Gasteiger partial charge in [-0.15, -0.1) is 11.3 Å². The average molecular weight is 295 g/mol. The quantitative estimate of drug-likeness (QED) is 0.834. The lowest BCUT2D eigenvalue weighted by Crippen LogP contribution is -2.63. The van der Waals surface area contributed by atoms with Crippen LogP contribution >= 0.6 is 11.3 Å². The Morgan fingerprint density at radius 1 is 1.40 bits per heavy atom. The standard InChI is InChI=1S/C17H30N2S/c1-5-9-15(16-10-8-11-20-16)19-13-17(6-2,7-3)18-12-14(19)4/h8,10-11,14-15,18H,5-7,9,12-13H2,1-4H3. The molecule has 0 aromatic carbocycles. The molecule has 2 nitrogen and oxygen atoms in total. The van der Waals surface area contributed by atoms with Crippen LogP contribution < -0.4 is 5.32 Å². The third-order valence-electron chi connectivity index (χ3n) is 5.01. The van der Waals surface area contributed by atoms with E-state index in [2.05, 4.69) is 55.4 Å². The van der Waals surface area contributed by atoms with Gasteiger partial charge in [-0.3, -0.25) is 4.90 Å². The Kier molecular flexibility index (Phi) is 5.65. The molecule has 1 aromatic heterocycles. The summed E-state index contributed by atoms with van der Waals surface area (Å²) < 4.78 is 0. The van der Waals surface area contributed by atoms with E-state index >= 15 is 0 Å². The normalized spacial score (nSPS) is 24.7. The zero-order valence-corrected chi connectivity index (χ0v) is 14.3. The van der Waals surface area contributed by atoms with Crippen molar-refractivity contribution in [2.24, 2.45) is 0 Å². The van der Waals surface area contributed by atoms with Gasteiger partial charge in [0.15, 0.2) is 0 Å². The summed E-state index contributed by atoms with van der Waals surface area (Å²) in [5.74, 6) is 0. The van der Waals surface area contributed by atoms with Crippen molar-refractivity contribution >= 4 is 11.3 Å². The molecular formula is C17H30N2S. The molecule has 1 fully saturated rings. The Morgan fingerprint density at radius 2 is 2.15 bits per heavy atom. The molecule has 1 aliphatic rings. The highest BCUT2D eigenvalue weighted by Gasteiger charge is 2.38. The van der Waals surface area contributed by atoms with Crippen LogP contribution in [0.5, 0.6) is 0 Å². The van der Waals surface area contributed by atoms with E-state index < -0.39 is 0 Å². The summed E-state index contributed by atoms with van der Waals surface area (Å²) in [4.78, 5) is 4.31. The number of nitrogens with zero attached hydrogens (tertiary/aromatic N) is 1. The lowest BCUT2D eigenvalue weighted by molar-refractivity contribution is 0.0410. The molecule has 0 amide bonds. The zero-order valence-electron chi connectivity index (χ0n) is 13.5. The van der Waals surface area contributed by atoms with Gasteiger partial charge in [-0.2, -0.15) is 0 Å². The third-order valence-corrected chi connectivity index (χ3v) is 5.99. The minimum Gasteiger partial charge on any atom is -0.308 e. The minimum atomic E-state index is 0.315. The summed E-state index contributed by atoms with van der Waals surface area (Å²) in [6.45, 7) is 11.6. The molecular weight excluding hydrogens is 264 g/mol. The fourth-order valence-corrected chi connectivity index (χ4v) is 4.29. The van der Waals surface area contributed by atoms with Gasteiger partial charge in [-0.1, -0.05) is 33.3 Å². The maximum atomic E-state index is 3.82. The van der Waals surface area contributed by atoms with Crippen molar-refractivity contribution in [3.63, 3.8) is 0 Å². The van der Waals surface area contributed by atoms with Crippen molar-refractivity contribution in [3.05, 3.63) is 22.4 Å². The Labute approximate surface area is 128 Å². The molecule has 2 atom stereocenters. The highest BCUT2D eigenvalue weighted by molar-refractivity contribution is 7.10. The van der Waals surface area contributed by atoms with Gasteiger partial charge in [0.05, 0.1) is 0 Å². The number of hydrogen-bond acceptors (Lipinski definition) is 3. The lowest BCUT2D eigenvalue weighted by Gasteiger charge is -2.49. The SMILES string of the molecule is CCCC(c1cccs1)N1CC(CC)(CC)NCC1C. The molecule has 0 spiro atoms. The maximum Gasteiger partial charge on any atom is 0.0445 e. The van der Waals surface area contributed by atoms with E-state index in [4.69, 9.17) is 0 Å². The number of rotatable bonds is 6. The molecule has 114 valence electrons. The van der Waals surface area contributed by atoms with E-state index in [9.17, 15) is 0 Å². The molecule has 0 bridgehead atoms. The van der Waals surface area contributed by atoms with Gasteiger partial charge in [0.25, 0.3) is 0 Å². The fraction of sp³-hybridized carbons (Fsp3) is 0.765. The molecule has 1 N–H and O–H groups in total. The van der Waals surface area contributed by atoms with Crippen LogP contribution in [0.15, 0.2) is 17.5 Å². The summed E-state index contributed by atoms with van der Waals surface area (Å²) in [5.41, 5.74) is 0.315. The minimum absolute atomic E-state index is 0.315. The van der Waals surface area contributed by atoms with Crippen LogP contribution in [0.1, 0.15) is 64.3 Å². The fourth-order valence-electron chi connectivity index (χ4n) is 3.41. The van der Waals surface area contributed by atoms with Crippen molar-refractivity contribution in [1.29, 1.82) is 0 Å². The van der Waals surface area contributed by atoms with Crippen molar-refractivity contribution in [2.75, 3.05) is 13.1 Å². The van der Waals surface area contributed by atoms with Gasteiger partial charge in [0, 0.05) is 35.6 Å². The van der Waals surface area contributed by atoms with Crippen LogP contribution in [0.25, 0.3) is 0 Å². The molecule has 2 heterocycles. The van der Waals surface area contributed by atoms with E-state index in [1.54, 1.807) is 4.88 Å². The van der Waals surface area contributed by atoms with E-state index in [-0.39, 0.29) is 0 Å². The topological polar surface area (TPSA) is 15.3 Å². The summed E-state index contributed by atoms with van der Waals surface area (Å²) in [7, 11) is 0. The van der Waals surface area contributed by atoms with Crippen molar-refractivity contribution in [2.45, 2.75) is 71.0 Å². The van der Waals surface area contributed by atoms with Gasteiger partial charge in [0.1, 0.15) is 0 Å². The summed E-state index contributed by atoms with van der Waals surface area (Å²) >= 11 is 1.92. The zero-order chi connectivity index (χ0) is 14.6. The second kappa shape index (κ2) is 7.06. The van der Waals surface area contributed by atoms with Crippen molar-refractivity contribution < 1.29 is 0 Å². The Morgan fingerprint density at radius 3 is 2.70 bits per heavy atom. The Bertz CT molecular complexity index is 384. The molecule has 1 saturated heterocycles. The van der Waals surface area contributed by atoms with E-state index in [1.165, 1.54) is 32.2 Å². The van der Waals surface area contributed by atoms with E-state index in [0.717, 1.165) is 6.54 Å². The monoisotopic (exact) mass is 294 g/mol. The lowest BCUT2D eigenvalue weighted by atomic mass is 9.87. The molecule has 1 aromatic rings. The molecule has 3 heteroatoms. The predicted molar refractivity (Wildman–Crippen MR) is 89.5 cm³/mol. The summed E-state index contributed by atoms with van der Waals surface area (Å²) in [6, 6.07) is 5.75. The third kappa shape index (κ3) is 3.26. The first-order valence-electron chi connectivity index (χ1n) is 8.20. The Hall–Kier alpha value is -0.380. The molecule has 0 radical (unpaired) electrons. The largest absolute Gasteiger partial charge is 0.308 e. The van der Waals surface area contributed by atoms with Gasteiger partial charge >= 0.3 is 0 Å². The van der Waals surface area contributed by atoms with Gasteiger partial charge in [-0.05, 0) is 37.6 Å². The second-order valence-corrected chi connectivity index (χ2v) is 7.19. The van der Waals surface area contributed by atoms with E-state index in [1.807, 2.05) is 11.3 Å². The van der Waals surface area contributed by atoms with Crippen LogP contribution in [0.2, 0.25) is 0 Å². The molecule has 1 aliphatic heterocycles. The first-order chi connectivity index (χ1) is 9.65. The highest BCUT2D eigenvalue weighted by atomic mass is 32.1. The predicted octanol–water partition coefficient (Wildman–Crippen LogP) is 4.44. The van der Waals surface area contributed by atoms with Gasteiger partial charge in [-0.25, -0.2) is 0 Å². The van der Waals surface area contributed by atoms with Gasteiger partial charge < -0.3 is 5.32 Å². The number of hydrogen-bond donors (Lipinski definition) is 1. The molecule has 0 saturated carbocycles. The van der Waals surface area contributed by atoms with Crippen LogP contribution in [0, 0.1) is 0 Å². The molecule has 0 aliphatic carbocycles. The van der Waals surface area contributed by atoms with Crippen LogP contribution in [-0.4, -0.2) is 29.6 Å². The first-order valence-corrected chi connectivity index (χ1v) is 9.08. The van der Waals surface area contributed by atoms with Crippen LogP contribution in [0.3, 0.4) is 0 Å². The number of thiophene rings is 1. The number of nitrogens with one attached hydrogen (secondary N) is 1. The average Bonchev–Trinajstić information content (AvgIpc) is 3.00. The van der Waals surface area contributed by atoms with Crippen LogP contribution in [0.4, 0.5) is 0 Å². The maximum absolute atomic E-state index is 3.82. The van der Waals surface area contributed by atoms with E-state index in [0.29, 0.717) is 17.6 Å². The second-order valence-electron chi connectivity index (χ2n) is 6.21. The Balaban J connectivity index is 2.21. The highest BCUT2D eigenvalue weighted by Crippen LogP contribution is 2.35. The van der Waals surface area contributed by atoms with Crippen molar-refractivity contribution in [1.82, 2.24) is 10.2 Å². The first kappa shape index (κ1) is 16.0. The summed E-state index contributed by atoms with van der Waals surface area (Å²) in [5, 5.41) is 6.04. The molecule has 2 rings (SSSR count). The molecule has 20 heavy (non-hydrogen) atoms. The van der Waals surface area contributed by atoms with Crippen molar-refractivity contribution in [3.8, 4) is 0 Å². The van der Waals surface area contributed by atoms with Gasteiger partial charge in [0.2, 0.25) is 0 Å². The molecule has 2 unspecified atom stereocenters. The smallest absolute Gasteiger partial charge is 0.0445 e. The van der Waals surface area contributed by atoms with Crippen LogP contribution in [-0.2, 0) is 0 Å².